The van der Waals surface area contributed by atoms with Gasteiger partial charge in [0.05, 0.1) is 18.0 Å². The zero-order valence-corrected chi connectivity index (χ0v) is 8.07. The highest BCUT2D eigenvalue weighted by molar-refractivity contribution is 5.45. The first-order valence-electron chi connectivity index (χ1n) is 4.67. The summed E-state index contributed by atoms with van der Waals surface area (Å²) >= 11 is 0. The standard InChI is InChI=1S/C11H14N2/c1-9(2)6-10-4-3-5-11-7-12-8-13(10)11/h3-5,7-9H,6H2,1-2H3. The lowest BCUT2D eigenvalue weighted by molar-refractivity contribution is 0.630. The molecule has 68 valence electrons. The van der Waals surface area contributed by atoms with Crippen LogP contribution in [-0.4, -0.2) is 9.38 Å². The summed E-state index contributed by atoms with van der Waals surface area (Å²) in [5, 5.41) is 0. The molecule has 2 rings (SSSR count). The lowest BCUT2D eigenvalue weighted by atomic mass is 10.1. The zero-order chi connectivity index (χ0) is 9.26. The Morgan fingerprint density at radius 3 is 3.00 bits per heavy atom. The summed E-state index contributed by atoms with van der Waals surface area (Å²) in [6.07, 6.45) is 4.88. The van der Waals surface area contributed by atoms with Gasteiger partial charge in [-0.15, -0.1) is 0 Å². The second kappa shape index (κ2) is 3.21. The summed E-state index contributed by atoms with van der Waals surface area (Å²) in [7, 11) is 0. The molecule has 2 aromatic heterocycles. The minimum Gasteiger partial charge on any atom is -0.303 e. The molecule has 13 heavy (non-hydrogen) atoms. The van der Waals surface area contributed by atoms with Crippen LogP contribution in [0.2, 0.25) is 0 Å². The van der Waals surface area contributed by atoms with E-state index in [9.17, 15) is 0 Å². The Labute approximate surface area is 78.2 Å². The lowest BCUT2D eigenvalue weighted by Gasteiger charge is -2.07. The third-order valence-corrected chi connectivity index (χ3v) is 2.15. The average Bonchev–Trinajstić information content (AvgIpc) is 2.51. The minimum atomic E-state index is 0.688. The van der Waals surface area contributed by atoms with Crippen LogP contribution in [0.25, 0.3) is 5.52 Å². The van der Waals surface area contributed by atoms with Crippen LogP contribution in [0.4, 0.5) is 0 Å². The van der Waals surface area contributed by atoms with Crippen molar-refractivity contribution < 1.29 is 0 Å². The number of rotatable bonds is 2. The van der Waals surface area contributed by atoms with Gasteiger partial charge in [0.1, 0.15) is 0 Å². The molecule has 2 nitrogen and oxygen atoms in total. The number of nitrogens with zero attached hydrogens (tertiary/aromatic N) is 2. The van der Waals surface area contributed by atoms with Crippen molar-refractivity contribution in [1.82, 2.24) is 9.38 Å². The monoisotopic (exact) mass is 174 g/mol. The Kier molecular flexibility index (Phi) is 2.05. The number of fused-ring (bicyclic) bond motifs is 1. The molecule has 0 saturated heterocycles. The Bertz CT molecular complexity index is 401. The summed E-state index contributed by atoms with van der Waals surface area (Å²) in [5.41, 5.74) is 2.52. The molecule has 0 atom stereocenters. The fourth-order valence-corrected chi connectivity index (χ4v) is 1.59. The molecule has 0 aromatic carbocycles. The van der Waals surface area contributed by atoms with E-state index < -0.39 is 0 Å². The molecule has 2 heterocycles. The van der Waals surface area contributed by atoms with Gasteiger partial charge in [-0.1, -0.05) is 19.9 Å². The molecule has 0 unspecified atom stereocenters. The highest BCUT2D eigenvalue weighted by atomic mass is 15.0. The highest BCUT2D eigenvalue weighted by Crippen LogP contribution is 2.11. The maximum absolute atomic E-state index is 4.13. The van der Waals surface area contributed by atoms with Crippen molar-refractivity contribution in [2.45, 2.75) is 20.3 Å². The van der Waals surface area contributed by atoms with Crippen molar-refractivity contribution >= 4 is 5.52 Å². The van der Waals surface area contributed by atoms with Gasteiger partial charge in [-0.05, 0) is 24.5 Å². The van der Waals surface area contributed by atoms with Gasteiger partial charge in [0.25, 0.3) is 0 Å². The van der Waals surface area contributed by atoms with Crippen LogP contribution in [-0.2, 0) is 6.42 Å². The third-order valence-electron chi connectivity index (χ3n) is 2.15. The van der Waals surface area contributed by atoms with Crippen molar-refractivity contribution in [2.75, 3.05) is 0 Å². The molecular weight excluding hydrogens is 160 g/mol. The molecule has 0 aliphatic rings. The van der Waals surface area contributed by atoms with Gasteiger partial charge in [-0.25, -0.2) is 4.98 Å². The fourth-order valence-electron chi connectivity index (χ4n) is 1.59. The Hall–Kier alpha value is -1.31. The summed E-state index contributed by atoms with van der Waals surface area (Å²) in [6.45, 7) is 4.46. The van der Waals surface area contributed by atoms with Crippen LogP contribution >= 0.6 is 0 Å². The predicted octanol–water partition coefficient (Wildman–Crippen LogP) is 2.53. The van der Waals surface area contributed by atoms with Crippen LogP contribution in [0.15, 0.2) is 30.7 Å². The average molecular weight is 174 g/mol. The van der Waals surface area contributed by atoms with Crippen molar-refractivity contribution in [3.63, 3.8) is 0 Å². The van der Waals surface area contributed by atoms with Gasteiger partial charge in [0.2, 0.25) is 0 Å². The second-order valence-corrected chi connectivity index (χ2v) is 3.80. The smallest absolute Gasteiger partial charge is 0.0994 e. The number of imidazole rings is 1. The van der Waals surface area contributed by atoms with E-state index in [0.29, 0.717) is 5.92 Å². The quantitative estimate of drug-likeness (QED) is 0.684. The van der Waals surface area contributed by atoms with Crippen LogP contribution < -0.4 is 0 Å². The predicted molar refractivity (Wildman–Crippen MR) is 53.7 cm³/mol. The fraction of sp³-hybridized carbons (Fsp3) is 0.364. The molecule has 2 heteroatoms. The number of hydrogen-bond acceptors (Lipinski definition) is 1. The van der Waals surface area contributed by atoms with Gasteiger partial charge in [-0.3, -0.25) is 0 Å². The van der Waals surface area contributed by atoms with Gasteiger partial charge in [0.15, 0.2) is 0 Å². The topological polar surface area (TPSA) is 17.3 Å². The molecule has 0 saturated carbocycles. The Morgan fingerprint density at radius 2 is 2.23 bits per heavy atom. The van der Waals surface area contributed by atoms with Crippen LogP contribution in [0, 0.1) is 5.92 Å². The molecular formula is C11H14N2. The van der Waals surface area contributed by atoms with Gasteiger partial charge >= 0.3 is 0 Å². The van der Waals surface area contributed by atoms with Gasteiger partial charge < -0.3 is 4.40 Å². The normalized spacial score (nSPS) is 11.3. The largest absolute Gasteiger partial charge is 0.303 e. The van der Waals surface area contributed by atoms with E-state index in [1.807, 2.05) is 12.5 Å². The maximum atomic E-state index is 4.13. The van der Waals surface area contributed by atoms with Crippen LogP contribution in [0.5, 0.6) is 0 Å². The molecule has 0 spiro atoms. The zero-order valence-electron chi connectivity index (χ0n) is 8.07. The molecule has 0 fully saturated rings. The van der Waals surface area contributed by atoms with Crippen LogP contribution in [0.1, 0.15) is 19.5 Å². The molecule has 0 aliphatic heterocycles. The summed E-state index contributed by atoms with van der Waals surface area (Å²) < 4.78 is 2.15. The van der Waals surface area contributed by atoms with E-state index >= 15 is 0 Å². The van der Waals surface area contributed by atoms with E-state index in [0.717, 1.165) is 6.42 Å². The van der Waals surface area contributed by atoms with E-state index in [2.05, 4.69) is 41.4 Å². The SMILES string of the molecule is CC(C)Cc1cccc2cncn12. The van der Waals surface area contributed by atoms with Crippen molar-refractivity contribution in [3.05, 3.63) is 36.4 Å². The summed E-state index contributed by atoms with van der Waals surface area (Å²) in [5.74, 6) is 0.688. The molecule has 0 bridgehead atoms. The van der Waals surface area contributed by atoms with Gasteiger partial charge in [-0.2, -0.15) is 0 Å². The van der Waals surface area contributed by atoms with Crippen LogP contribution in [0.3, 0.4) is 0 Å². The first-order valence-corrected chi connectivity index (χ1v) is 4.67. The Balaban J connectivity index is 2.48. The first kappa shape index (κ1) is 8.30. The Morgan fingerprint density at radius 1 is 1.38 bits per heavy atom. The van der Waals surface area contributed by atoms with E-state index in [-0.39, 0.29) is 0 Å². The van der Waals surface area contributed by atoms with E-state index in [1.165, 1.54) is 11.2 Å². The number of pyridine rings is 1. The van der Waals surface area contributed by atoms with E-state index in [4.69, 9.17) is 0 Å². The third kappa shape index (κ3) is 1.57. The molecule has 2 aromatic rings. The number of aromatic nitrogens is 2. The second-order valence-electron chi connectivity index (χ2n) is 3.80. The molecule has 0 amide bonds. The van der Waals surface area contributed by atoms with E-state index in [1.54, 1.807) is 0 Å². The van der Waals surface area contributed by atoms with Gasteiger partial charge in [0, 0.05) is 5.69 Å². The first-order chi connectivity index (χ1) is 6.27. The minimum absolute atomic E-state index is 0.688. The molecule has 0 radical (unpaired) electrons. The van der Waals surface area contributed by atoms with Crippen molar-refractivity contribution in [2.24, 2.45) is 5.92 Å². The maximum Gasteiger partial charge on any atom is 0.0994 e. The highest BCUT2D eigenvalue weighted by Gasteiger charge is 2.01. The lowest BCUT2D eigenvalue weighted by Crippen LogP contribution is -2.00. The number of hydrogen-bond donors (Lipinski definition) is 0. The summed E-state index contributed by atoms with van der Waals surface area (Å²) in [4.78, 5) is 4.13. The molecule has 0 aliphatic carbocycles. The molecule has 0 N–H and O–H groups in total. The van der Waals surface area contributed by atoms with Crippen molar-refractivity contribution in [1.29, 1.82) is 0 Å². The van der Waals surface area contributed by atoms with Crippen molar-refractivity contribution in [3.8, 4) is 0 Å². The summed E-state index contributed by atoms with van der Waals surface area (Å²) in [6, 6.07) is 6.33.